The number of rotatable bonds is 4. The van der Waals surface area contributed by atoms with E-state index in [-0.39, 0.29) is 21.8 Å². The Labute approximate surface area is 280 Å². The molecule has 4 heterocycles. The molecule has 0 saturated carbocycles. The third-order valence-electron chi connectivity index (χ3n) is 10.9. The topological polar surface area (TPSA) is 48.6 Å². The fraction of sp³-hybridized carbons (Fsp3) is 0.429. The second-order valence-electron chi connectivity index (χ2n) is 16.9. The molecule has 0 N–H and O–H groups in total. The summed E-state index contributed by atoms with van der Waals surface area (Å²) in [6.45, 7) is 27.6. The first kappa shape index (κ1) is 31.5. The number of nitrogens with zero attached hydrogens (tertiary/aromatic N) is 3. The molecule has 0 amide bonds. The number of benzene rings is 3. The molecule has 2 aliphatic heterocycles. The molecule has 3 aromatic carbocycles. The van der Waals surface area contributed by atoms with Gasteiger partial charge in [-0.25, -0.2) is 9.98 Å². The van der Waals surface area contributed by atoms with Crippen LogP contribution in [-0.4, -0.2) is 27.6 Å². The molecular weight excluding hydrogens is 578 g/mol. The maximum absolute atomic E-state index is 6.85. The number of aromatic nitrogens is 2. The first-order chi connectivity index (χ1) is 21.9. The highest BCUT2D eigenvalue weighted by Crippen LogP contribution is 2.50. The number of ether oxygens (including phenoxy) is 2. The maximum atomic E-state index is 6.85. The average Bonchev–Trinajstić information content (AvgIpc) is 3.56. The van der Waals surface area contributed by atoms with Crippen LogP contribution in [0.25, 0.3) is 27.6 Å². The van der Waals surface area contributed by atoms with Crippen LogP contribution in [0.4, 0.5) is 0 Å². The number of pyridine rings is 1. The Bertz CT molecular complexity index is 2120. The van der Waals surface area contributed by atoms with Crippen LogP contribution >= 0.6 is 0 Å². The molecule has 0 bridgehead atoms. The molecule has 0 fully saturated rings. The van der Waals surface area contributed by atoms with Crippen molar-refractivity contribution in [3.63, 3.8) is 0 Å². The van der Waals surface area contributed by atoms with Crippen molar-refractivity contribution in [1.29, 1.82) is 0 Å². The van der Waals surface area contributed by atoms with Gasteiger partial charge in [-0.1, -0.05) is 75.3 Å². The average molecular weight is 628 g/mol. The zero-order valence-electron chi connectivity index (χ0n) is 30.2. The summed E-state index contributed by atoms with van der Waals surface area (Å²) in [5.74, 6) is 2.63. The third kappa shape index (κ3) is 4.88. The van der Waals surface area contributed by atoms with Gasteiger partial charge >= 0.3 is 0 Å². The van der Waals surface area contributed by atoms with Crippen molar-refractivity contribution in [1.82, 2.24) is 9.55 Å². The van der Waals surface area contributed by atoms with Crippen LogP contribution in [0.3, 0.4) is 0 Å². The number of hydrogen-bond donors (Lipinski definition) is 0. The van der Waals surface area contributed by atoms with E-state index in [1.807, 2.05) is 12.3 Å². The van der Waals surface area contributed by atoms with Gasteiger partial charge in [0.25, 0.3) is 0 Å². The fourth-order valence-electron chi connectivity index (χ4n) is 7.03. The molecular formula is C42H49N3O2. The van der Waals surface area contributed by atoms with E-state index in [0.29, 0.717) is 18.4 Å². The number of aryl methyl sites for hydroxylation is 1. The first-order valence-electron chi connectivity index (χ1n) is 17.0. The second kappa shape index (κ2) is 10.2. The second-order valence-corrected chi connectivity index (χ2v) is 16.9. The highest BCUT2D eigenvalue weighted by Gasteiger charge is 2.43. The molecule has 0 radical (unpaired) electrons. The fourth-order valence-corrected chi connectivity index (χ4v) is 7.03. The van der Waals surface area contributed by atoms with Crippen LogP contribution in [0, 0.1) is 12.3 Å². The van der Waals surface area contributed by atoms with Crippen LogP contribution in [0.2, 0.25) is 0 Å². The van der Waals surface area contributed by atoms with Crippen molar-refractivity contribution in [3.8, 4) is 17.2 Å². The van der Waals surface area contributed by atoms with Crippen molar-refractivity contribution in [3.05, 3.63) is 94.2 Å². The molecule has 5 nitrogen and oxygen atoms in total. The van der Waals surface area contributed by atoms with Crippen LogP contribution in [0.15, 0.2) is 65.8 Å². The van der Waals surface area contributed by atoms with Gasteiger partial charge in [0, 0.05) is 34.0 Å². The van der Waals surface area contributed by atoms with Crippen LogP contribution in [0.1, 0.15) is 115 Å². The normalized spacial score (nSPS) is 18.9. The molecule has 7 rings (SSSR count). The number of fused-ring (bicyclic) bond motifs is 5. The van der Waals surface area contributed by atoms with Gasteiger partial charge in [0.15, 0.2) is 0 Å². The Morgan fingerprint density at radius 2 is 1.64 bits per heavy atom. The van der Waals surface area contributed by atoms with E-state index in [1.54, 1.807) is 0 Å². The van der Waals surface area contributed by atoms with E-state index >= 15 is 0 Å². The Kier molecular flexibility index (Phi) is 6.82. The van der Waals surface area contributed by atoms with E-state index in [0.717, 1.165) is 34.0 Å². The van der Waals surface area contributed by atoms with E-state index in [1.165, 1.54) is 38.5 Å². The van der Waals surface area contributed by atoms with Gasteiger partial charge in [0.05, 0.1) is 11.2 Å². The van der Waals surface area contributed by atoms with Gasteiger partial charge < -0.3 is 9.47 Å². The Hall–Kier alpha value is -4.12. The monoisotopic (exact) mass is 627 g/mol. The van der Waals surface area contributed by atoms with Crippen LogP contribution in [-0.2, 0) is 15.6 Å². The summed E-state index contributed by atoms with van der Waals surface area (Å²) in [6.07, 6.45) is 1.90. The van der Waals surface area contributed by atoms with E-state index in [4.69, 9.17) is 19.5 Å². The molecule has 244 valence electrons. The lowest BCUT2D eigenvalue weighted by Crippen LogP contribution is -2.39. The molecule has 0 spiro atoms. The van der Waals surface area contributed by atoms with Gasteiger partial charge in [-0.3, -0.25) is 4.57 Å². The molecule has 0 saturated heterocycles. The van der Waals surface area contributed by atoms with Crippen molar-refractivity contribution < 1.29 is 9.47 Å². The maximum Gasteiger partial charge on any atom is 0.216 e. The van der Waals surface area contributed by atoms with Crippen LogP contribution < -0.4 is 4.74 Å². The van der Waals surface area contributed by atoms with E-state index in [9.17, 15) is 0 Å². The largest absolute Gasteiger partial charge is 0.475 e. The summed E-state index contributed by atoms with van der Waals surface area (Å²) >= 11 is 0. The molecule has 5 heteroatoms. The smallest absolute Gasteiger partial charge is 0.216 e. The molecule has 2 aromatic heterocycles. The predicted octanol–water partition coefficient (Wildman–Crippen LogP) is 10.9. The minimum atomic E-state index is -0.290. The predicted molar refractivity (Wildman–Crippen MR) is 195 cm³/mol. The van der Waals surface area contributed by atoms with Crippen molar-refractivity contribution in [2.45, 2.75) is 105 Å². The lowest BCUT2D eigenvalue weighted by Gasteiger charge is -2.36. The molecule has 5 aromatic rings. The summed E-state index contributed by atoms with van der Waals surface area (Å²) < 4.78 is 15.5. The minimum Gasteiger partial charge on any atom is -0.475 e. The summed E-state index contributed by atoms with van der Waals surface area (Å²) in [4.78, 5) is 10.1. The Morgan fingerprint density at radius 1 is 0.894 bits per heavy atom. The first-order valence-corrected chi connectivity index (χ1v) is 17.0. The zero-order chi connectivity index (χ0) is 33.8. The highest BCUT2D eigenvalue weighted by atomic mass is 16.5. The van der Waals surface area contributed by atoms with Crippen molar-refractivity contribution in [2.75, 3.05) is 6.61 Å². The van der Waals surface area contributed by atoms with Crippen molar-refractivity contribution in [2.24, 2.45) is 10.4 Å². The third-order valence-corrected chi connectivity index (χ3v) is 10.9. The van der Waals surface area contributed by atoms with Gasteiger partial charge in [-0.2, -0.15) is 0 Å². The number of hydrogen-bond acceptors (Lipinski definition) is 4. The SMILES string of the molecule is Cc1cc2c(cc1Oc1cc(C3=N[C@](C)(C(C)(C)C)CO3)cc(C(C)C)c1)-n1c3ncccc3c3cc(C(C)(C)C)cc(c31)C2(C)C. The summed E-state index contributed by atoms with van der Waals surface area (Å²) in [7, 11) is 0. The van der Waals surface area contributed by atoms with E-state index in [2.05, 4.69) is 136 Å². The minimum absolute atomic E-state index is 0.0202. The summed E-state index contributed by atoms with van der Waals surface area (Å²) in [5.41, 5.74) is 10.0. The summed E-state index contributed by atoms with van der Waals surface area (Å²) in [6, 6.07) is 20.0. The molecule has 0 unspecified atom stereocenters. The van der Waals surface area contributed by atoms with Gasteiger partial charge in [-0.15, -0.1) is 0 Å². The molecule has 2 aliphatic rings. The van der Waals surface area contributed by atoms with Crippen LogP contribution in [0.5, 0.6) is 11.5 Å². The highest BCUT2D eigenvalue weighted by molar-refractivity contribution is 6.10. The lowest BCUT2D eigenvalue weighted by atomic mass is 9.72. The van der Waals surface area contributed by atoms with Crippen molar-refractivity contribution >= 4 is 27.8 Å². The Balaban J connectivity index is 1.40. The quantitative estimate of drug-likeness (QED) is 0.199. The van der Waals surface area contributed by atoms with E-state index < -0.39 is 0 Å². The molecule has 1 atom stereocenters. The number of aliphatic imine (C=N–C) groups is 1. The van der Waals surface area contributed by atoms with Gasteiger partial charge in [0.1, 0.15) is 29.3 Å². The summed E-state index contributed by atoms with van der Waals surface area (Å²) in [5, 5.41) is 2.43. The lowest BCUT2D eigenvalue weighted by molar-refractivity contribution is 0.154. The zero-order valence-corrected chi connectivity index (χ0v) is 30.2. The van der Waals surface area contributed by atoms with Gasteiger partial charge in [-0.05, 0) is 101 Å². The standard InChI is InChI=1S/C42H49N3O2/c1-24(2)26-17-27(38-44-42(12,23-46-38)40(7,8)9)19-29(18-26)47-35-22-34-32(16-25(35)3)41(10,11)33-21-28(39(4,5)6)20-31-30-14-13-15-43-37(30)45(34)36(31)33/h13-22,24H,23H2,1-12H3/t42-/m0/s1. The Morgan fingerprint density at radius 3 is 2.30 bits per heavy atom. The molecule has 0 aliphatic carbocycles. The van der Waals surface area contributed by atoms with Gasteiger partial charge in [0.2, 0.25) is 5.90 Å². The molecule has 47 heavy (non-hydrogen) atoms.